The van der Waals surface area contributed by atoms with E-state index >= 15 is 0 Å². The number of thioether (sulfide) groups is 1. The highest BCUT2D eigenvalue weighted by Crippen LogP contribution is 2.36. The van der Waals surface area contributed by atoms with E-state index in [0.717, 1.165) is 18.7 Å². The van der Waals surface area contributed by atoms with Crippen LogP contribution >= 0.6 is 23.4 Å². The third-order valence-electron chi connectivity index (χ3n) is 4.55. The molecule has 0 aliphatic carbocycles. The Morgan fingerprint density at radius 2 is 1.93 bits per heavy atom. The minimum absolute atomic E-state index is 0.208. The molecule has 0 bridgehead atoms. The van der Waals surface area contributed by atoms with Crippen molar-refractivity contribution in [2.24, 2.45) is 0 Å². The van der Waals surface area contributed by atoms with Crippen LogP contribution in [-0.4, -0.2) is 44.2 Å². The number of nitrogens with one attached hydrogen (secondary N) is 1. The van der Waals surface area contributed by atoms with E-state index in [1.807, 2.05) is 18.7 Å². The lowest BCUT2D eigenvalue weighted by molar-refractivity contribution is 0.0950. The number of ether oxygens (including phenoxy) is 2. The second-order valence-electron chi connectivity index (χ2n) is 6.37. The third-order valence-corrected chi connectivity index (χ3v) is 5.77. The quantitative estimate of drug-likeness (QED) is 0.726. The number of benzene rings is 2. The summed E-state index contributed by atoms with van der Waals surface area (Å²) in [6.45, 7) is 4.95. The molecular formula is C21H25ClN2O3S. The van der Waals surface area contributed by atoms with E-state index < -0.39 is 0 Å². The molecule has 1 amide bonds. The number of halogens is 1. The molecule has 1 heterocycles. The van der Waals surface area contributed by atoms with Gasteiger partial charge in [0.1, 0.15) is 0 Å². The predicted octanol–water partition coefficient (Wildman–Crippen LogP) is 4.23. The van der Waals surface area contributed by atoms with Crippen molar-refractivity contribution in [3.05, 3.63) is 52.5 Å². The zero-order valence-electron chi connectivity index (χ0n) is 16.2. The summed E-state index contributed by atoms with van der Waals surface area (Å²) in [4.78, 5) is 14.9. The minimum Gasteiger partial charge on any atom is -0.493 e. The Morgan fingerprint density at radius 3 is 2.57 bits per heavy atom. The number of anilines is 1. The second-order valence-corrected chi connectivity index (χ2v) is 8.00. The summed E-state index contributed by atoms with van der Waals surface area (Å²) in [5.74, 6) is 3.04. The maximum absolute atomic E-state index is 12.5. The van der Waals surface area contributed by atoms with Gasteiger partial charge in [0.05, 0.1) is 18.7 Å². The third kappa shape index (κ3) is 5.06. The van der Waals surface area contributed by atoms with Crippen LogP contribution in [0, 0.1) is 0 Å². The van der Waals surface area contributed by atoms with Crippen molar-refractivity contribution in [1.82, 2.24) is 5.32 Å². The fraction of sp³-hybridized carbons (Fsp3) is 0.381. The summed E-state index contributed by atoms with van der Waals surface area (Å²) in [7, 11) is 1.53. The first-order chi connectivity index (χ1) is 13.6. The van der Waals surface area contributed by atoms with Crippen LogP contribution in [-0.2, 0) is 6.54 Å². The van der Waals surface area contributed by atoms with Gasteiger partial charge in [-0.15, -0.1) is 0 Å². The van der Waals surface area contributed by atoms with Crippen molar-refractivity contribution in [3.8, 4) is 11.5 Å². The van der Waals surface area contributed by atoms with E-state index in [2.05, 4.69) is 34.5 Å². The van der Waals surface area contributed by atoms with Crippen LogP contribution in [0.3, 0.4) is 0 Å². The second kappa shape index (κ2) is 9.94. The summed E-state index contributed by atoms with van der Waals surface area (Å²) in [6, 6.07) is 11.6. The number of amides is 1. The average Bonchev–Trinajstić information content (AvgIpc) is 2.74. The van der Waals surface area contributed by atoms with Gasteiger partial charge in [0.15, 0.2) is 11.5 Å². The van der Waals surface area contributed by atoms with Crippen molar-refractivity contribution in [2.45, 2.75) is 13.5 Å². The van der Waals surface area contributed by atoms with Crippen LogP contribution in [0.1, 0.15) is 22.8 Å². The SMILES string of the molecule is CCOc1c(Cl)cc(C(=O)NCc2ccc(N3CCSCC3)cc2)cc1OC. The maximum atomic E-state index is 12.5. The molecule has 1 aliphatic rings. The molecule has 0 atom stereocenters. The zero-order valence-corrected chi connectivity index (χ0v) is 17.7. The molecule has 0 saturated carbocycles. The number of carbonyl (C=O) groups is 1. The Hall–Kier alpha value is -2.05. The zero-order chi connectivity index (χ0) is 19.9. The number of carbonyl (C=O) groups excluding carboxylic acids is 1. The van der Waals surface area contributed by atoms with Crippen molar-refractivity contribution in [2.75, 3.05) is 43.2 Å². The standard InChI is InChI=1S/C21H25ClN2O3S/c1-3-27-20-18(22)12-16(13-19(20)26-2)21(25)23-14-15-4-6-17(7-5-15)24-8-10-28-11-9-24/h4-7,12-13H,3,8-11,14H2,1-2H3,(H,23,25). The molecule has 1 fully saturated rings. The lowest BCUT2D eigenvalue weighted by Crippen LogP contribution is -2.32. The van der Waals surface area contributed by atoms with Crippen molar-refractivity contribution in [3.63, 3.8) is 0 Å². The molecule has 0 unspecified atom stereocenters. The van der Waals surface area contributed by atoms with Crippen molar-refractivity contribution < 1.29 is 14.3 Å². The molecule has 2 aromatic carbocycles. The highest BCUT2D eigenvalue weighted by molar-refractivity contribution is 7.99. The van der Waals surface area contributed by atoms with E-state index in [0.29, 0.717) is 35.2 Å². The van der Waals surface area contributed by atoms with Gasteiger partial charge in [0, 0.05) is 42.4 Å². The largest absolute Gasteiger partial charge is 0.493 e. The Bertz CT molecular complexity index is 808. The normalized spacial score (nSPS) is 13.9. The van der Waals surface area contributed by atoms with Crippen LogP contribution < -0.4 is 19.7 Å². The van der Waals surface area contributed by atoms with Crippen LogP contribution in [0.15, 0.2) is 36.4 Å². The Morgan fingerprint density at radius 1 is 1.21 bits per heavy atom. The van der Waals surface area contributed by atoms with Gasteiger partial charge in [-0.05, 0) is 36.8 Å². The molecule has 0 radical (unpaired) electrons. The fourth-order valence-electron chi connectivity index (χ4n) is 3.07. The van der Waals surface area contributed by atoms with E-state index in [4.69, 9.17) is 21.1 Å². The molecule has 1 saturated heterocycles. The maximum Gasteiger partial charge on any atom is 0.251 e. The number of hydrogen-bond donors (Lipinski definition) is 1. The van der Waals surface area contributed by atoms with Gasteiger partial charge in [-0.1, -0.05) is 23.7 Å². The highest BCUT2D eigenvalue weighted by Gasteiger charge is 2.16. The molecule has 28 heavy (non-hydrogen) atoms. The molecular weight excluding hydrogens is 396 g/mol. The fourth-order valence-corrected chi connectivity index (χ4v) is 4.23. The predicted molar refractivity (Wildman–Crippen MR) is 116 cm³/mol. The Balaban J connectivity index is 1.63. The average molecular weight is 421 g/mol. The Labute approximate surface area is 175 Å². The molecule has 1 aliphatic heterocycles. The van der Waals surface area contributed by atoms with Crippen molar-refractivity contribution >= 4 is 35.0 Å². The molecule has 150 valence electrons. The smallest absolute Gasteiger partial charge is 0.251 e. The van der Waals surface area contributed by atoms with E-state index in [-0.39, 0.29) is 5.91 Å². The molecule has 3 rings (SSSR count). The summed E-state index contributed by atoms with van der Waals surface area (Å²) < 4.78 is 10.8. The summed E-state index contributed by atoms with van der Waals surface area (Å²) >= 11 is 8.25. The number of rotatable bonds is 7. The van der Waals surface area contributed by atoms with Gasteiger partial charge in [0.2, 0.25) is 0 Å². The first-order valence-corrected chi connectivity index (χ1v) is 10.9. The van der Waals surface area contributed by atoms with E-state index in [1.165, 1.54) is 24.3 Å². The number of methoxy groups -OCH3 is 1. The minimum atomic E-state index is -0.208. The molecule has 2 aromatic rings. The monoisotopic (exact) mass is 420 g/mol. The van der Waals surface area contributed by atoms with Crippen LogP contribution in [0.25, 0.3) is 0 Å². The van der Waals surface area contributed by atoms with Crippen LogP contribution in [0.5, 0.6) is 11.5 Å². The highest BCUT2D eigenvalue weighted by atomic mass is 35.5. The van der Waals surface area contributed by atoms with Crippen LogP contribution in [0.4, 0.5) is 5.69 Å². The van der Waals surface area contributed by atoms with Gasteiger partial charge in [-0.25, -0.2) is 0 Å². The lowest BCUT2D eigenvalue weighted by Gasteiger charge is -2.28. The molecule has 7 heteroatoms. The van der Waals surface area contributed by atoms with Gasteiger partial charge < -0.3 is 19.7 Å². The summed E-state index contributed by atoms with van der Waals surface area (Å²) in [6.07, 6.45) is 0. The first kappa shape index (κ1) is 20.7. The summed E-state index contributed by atoms with van der Waals surface area (Å²) in [5.41, 5.74) is 2.72. The van der Waals surface area contributed by atoms with Crippen LogP contribution in [0.2, 0.25) is 5.02 Å². The van der Waals surface area contributed by atoms with E-state index in [9.17, 15) is 4.79 Å². The van der Waals surface area contributed by atoms with Gasteiger partial charge in [-0.2, -0.15) is 11.8 Å². The Kier molecular flexibility index (Phi) is 7.34. The van der Waals surface area contributed by atoms with E-state index in [1.54, 1.807) is 12.1 Å². The molecule has 0 spiro atoms. The van der Waals surface area contributed by atoms with Gasteiger partial charge >= 0.3 is 0 Å². The number of nitrogens with zero attached hydrogens (tertiary/aromatic N) is 1. The summed E-state index contributed by atoms with van der Waals surface area (Å²) in [5, 5.41) is 3.29. The molecule has 0 aromatic heterocycles. The molecule has 1 N–H and O–H groups in total. The van der Waals surface area contributed by atoms with Gasteiger partial charge in [0.25, 0.3) is 5.91 Å². The topological polar surface area (TPSA) is 50.8 Å². The number of hydrogen-bond acceptors (Lipinski definition) is 5. The van der Waals surface area contributed by atoms with Gasteiger partial charge in [-0.3, -0.25) is 4.79 Å². The lowest BCUT2D eigenvalue weighted by atomic mass is 10.1. The van der Waals surface area contributed by atoms with Crippen molar-refractivity contribution in [1.29, 1.82) is 0 Å². The first-order valence-electron chi connectivity index (χ1n) is 9.32. The molecule has 5 nitrogen and oxygen atoms in total.